The second-order valence-corrected chi connectivity index (χ2v) is 5.03. The van der Waals surface area contributed by atoms with Gasteiger partial charge in [0, 0.05) is 17.7 Å². The Morgan fingerprint density at radius 1 is 1.20 bits per heavy atom. The molecule has 0 saturated heterocycles. The van der Waals surface area contributed by atoms with Crippen LogP contribution in [0.1, 0.15) is 31.4 Å². The SMILES string of the molecule is CCCn1nc(-c2ccc(CC)cc2)cc(CCl)c1=O. The van der Waals surface area contributed by atoms with Gasteiger partial charge in [0.1, 0.15) is 0 Å². The van der Waals surface area contributed by atoms with E-state index in [0.29, 0.717) is 12.1 Å². The molecule has 1 heterocycles. The van der Waals surface area contributed by atoms with Gasteiger partial charge in [-0.25, -0.2) is 4.68 Å². The number of rotatable bonds is 5. The van der Waals surface area contributed by atoms with Crippen LogP contribution in [0.25, 0.3) is 11.3 Å². The molecule has 0 saturated carbocycles. The van der Waals surface area contributed by atoms with E-state index in [1.54, 1.807) is 6.07 Å². The summed E-state index contributed by atoms with van der Waals surface area (Å²) < 4.78 is 1.51. The van der Waals surface area contributed by atoms with Gasteiger partial charge in [-0.2, -0.15) is 5.10 Å². The van der Waals surface area contributed by atoms with Gasteiger partial charge in [-0.05, 0) is 24.5 Å². The molecule has 0 aliphatic rings. The minimum absolute atomic E-state index is 0.0872. The zero-order chi connectivity index (χ0) is 14.5. The first-order valence-corrected chi connectivity index (χ1v) is 7.49. The van der Waals surface area contributed by atoms with Crippen molar-refractivity contribution in [3.05, 3.63) is 51.8 Å². The van der Waals surface area contributed by atoms with Crippen molar-refractivity contribution < 1.29 is 0 Å². The maximum absolute atomic E-state index is 12.1. The first-order valence-electron chi connectivity index (χ1n) is 6.95. The number of alkyl halides is 1. The summed E-state index contributed by atoms with van der Waals surface area (Å²) in [6.45, 7) is 4.76. The zero-order valence-electron chi connectivity index (χ0n) is 11.9. The number of benzene rings is 1. The predicted molar refractivity (Wildman–Crippen MR) is 83.2 cm³/mol. The molecule has 2 aromatic rings. The summed E-state index contributed by atoms with van der Waals surface area (Å²) in [6.07, 6.45) is 1.88. The minimum Gasteiger partial charge on any atom is -0.267 e. The fourth-order valence-electron chi connectivity index (χ4n) is 2.11. The van der Waals surface area contributed by atoms with Crippen molar-refractivity contribution in [1.82, 2.24) is 9.78 Å². The normalized spacial score (nSPS) is 10.8. The van der Waals surface area contributed by atoms with Crippen molar-refractivity contribution in [2.24, 2.45) is 0 Å². The van der Waals surface area contributed by atoms with Crippen LogP contribution in [-0.4, -0.2) is 9.78 Å². The quantitative estimate of drug-likeness (QED) is 0.788. The molecule has 0 amide bonds. The third kappa shape index (κ3) is 3.10. The van der Waals surface area contributed by atoms with Gasteiger partial charge >= 0.3 is 0 Å². The van der Waals surface area contributed by atoms with Gasteiger partial charge in [0.2, 0.25) is 0 Å². The average Bonchev–Trinajstić information content (AvgIpc) is 2.49. The van der Waals surface area contributed by atoms with Crippen LogP contribution in [0.2, 0.25) is 0 Å². The third-order valence-electron chi connectivity index (χ3n) is 3.29. The Morgan fingerprint density at radius 3 is 2.45 bits per heavy atom. The van der Waals surface area contributed by atoms with Crippen LogP contribution in [0.4, 0.5) is 0 Å². The summed E-state index contributed by atoms with van der Waals surface area (Å²) in [4.78, 5) is 12.1. The monoisotopic (exact) mass is 290 g/mol. The van der Waals surface area contributed by atoms with Gasteiger partial charge in [-0.15, -0.1) is 11.6 Å². The molecular weight excluding hydrogens is 272 g/mol. The summed E-state index contributed by atoms with van der Waals surface area (Å²) in [7, 11) is 0. The van der Waals surface area contributed by atoms with E-state index in [1.165, 1.54) is 10.2 Å². The van der Waals surface area contributed by atoms with Crippen LogP contribution >= 0.6 is 11.6 Å². The summed E-state index contributed by atoms with van der Waals surface area (Å²) in [5.74, 6) is 0.213. The summed E-state index contributed by atoms with van der Waals surface area (Å²) >= 11 is 5.87. The minimum atomic E-state index is -0.0872. The van der Waals surface area contributed by atoms with Gasteiger partial charge in [-0.1, -0.05) is 38.1 Å². The van der Waals surface area contributed by atoms with Crippen LogP contribution < -0.4 is 5.56 Å². The molecule has 0 unspecified atom stereocenters. The molecule has 0 spiro atoms. The Bertz CT molecular complexity index is 632. The van der Waals surface area contributed by atoms with Crippen LogP contribution in [0.3, 0.4) is 0 Å². The van der Waals surface area contributed by atoms with Crippen molar-refractivity contribution in [3.63, 3.8) is 0 Å². The molecular formula is C16H19ClN2O. The van der Waals surface area contributed by atoms with E-state index >= 15 is 0 Å². The van der Waals surface area contributed by atoms with Crippen LogP contribution in [0, 0.1) is 0 Å². The summed E-state index contributed by atoms with van der Waals surface area (Å²) in [5.41, 5.74) is 3.61. The lowest BCUT2D eigenvalue weighted by molar-refractivity contribution is 0.567. The van der Waals surface area contributed by atoms with Crippen molar-refractivity contribution >= 4 is 11.6 Å². The molecule has 106 valence electrons. The van der Waals surface area contributed by atoms with E-state index in [1.807, 2.05) is 19.1 Å². The zero-order valence-corrected chi connectivity index (χ0v) is 12.7. The summed E-state index contributed by atoms with van der Waals surface area (Å²) in [6, 6.07) is 10.1. The Kier molecular flexibility index (Phi) is 4.96. The molecule has 20 heavy (non-hydrogen) atoms. The van der Waals surface area contributed by atoms with E-state index < -0.39 is 0 Å². The van der Waals surface area contributed by atoms with E-state index in [2.05, 4.69) is 24.2 Å². The predicted octanol–water partition coefficient (Wildman–Crippen LogP) is 3.62. The topological polar surface area (TPSA) is 34.9 Å². The number of hydrogen-bond donors (Lipinski definition) is 0. The molecule has 4 heteroatoms. The number of aryl methyl sites for hydroxylation is 2. The Balaban J connectivity index is 2.49. The van der Waals surface area contributed by atoms with Crippen LogP contribution in [0.15, 0.2) is 35.1 Å². The smallest absolute Gasteiger partial charge is 0.267 e. The molecule has 0 fully saturated rings. The maximum Gasteiger partial charge on any atom is 0.271 e. The lowest BCUT2D eigenvalue weighted by Crippen LogP contribution is -2.26. The Hall–Kier alpha value is -1.61. The largest absolute Gasteiger partial charge is 0.271 e. The van der Waals surface area contributed by atoms with E-state index in [-0.39, 0.29) is 11.4 Å². The van der Waals surface area contributed by atoms with Gasteiger partial charge in [0.15, 0.2) is 0 Å². The highest BCUT2D eigenvalue weighted by Gasteiger charge is 2.09. The van der Waals surface area contributed by atoms with Crippen molar-refractivity contribution in [2.45, 2.75) is 39.1 Å². The number of nitrogens with zero attached hydrogens (tertiary/aromatic N) is 2. The molecule has 0 aliphatic carbocycles. The molecule has 0 N–H and O–H groups in total. The van der Waals surface area contributed by atoms with E-state index in [0.717, 1.165) is 24.1 Å². The standard InChI is InChI=1S/C16H19ClN2O/c1-3-9-19-16(20)14(11-17)10-15(18-19)13-7-5-12(4-2)6-8-13/h5-8,10H,3-4,9,11H2,1-2H3. The molecule has 3 nitrogen and oxygen atoms in total. The van der Waals surface area contributed by atoms with Gasteiger partial charge in [0.25, 0.3) is 5.56 Å². The van der Waals surface area contributed by atoms with E-state index in [4.69, 9.17) is 11.6 Å². The molecule has 1 aromatic heterocycles. The Morgan fingerprint density at radius 2 is 1.90 bits per heavy atom. The maximum atomic E-state index is 12.1. The van der Waals surface area contributed by atoms with Crippen molar-refractivity contribution in [1.29, 1.82) is 0 Å². The molecule has 0 bridgehead atoms. The first-order chi connectivity index (χ1) is 9.69. The fraction of sp³-hybridized carbons (Fsp3) is 0.375. The molecule has 0 radical (unpaired) electrons. The van der Waals surface area contributed by atoms with E-state index in [9.17, 15) is 4.79 Å². The third-order valence-corrected chi connectivity index (χ3v) is 3.57. The molecule has 0 aliphatic heterocycles. The molecule has 0 atom stereocenters. The average molecular weight is 291 g/mol. The lowest BCUT2D eigenvalue weighted by Gasteiger charge is -2.09. The highest BCUT2D eigenvalue weighted by molar-refractivity contribution is 6.17. The fourth-order valence-corrected chi connectivity index (χ4v) is 2.30. The molecule has 1 aromatic carbocycles. The van der Waals surface area contributed by atoms with Crippen LogP contribution in [-0.2, 0) is 18.8 Å². The number of aromatic nitrogens is 2. The van der Waals surface area contributed by atoms with Crippen LogP contribution in [0.5, 0.6) is 0 Å². The van der Waals surface area contributed by atoms with Crippen molar-refractivity contribution in [3.8, 4) is 11.3 Å². The second kappa shape index (κ2) is 6.71. The summed E-state index contributed by atoms with van der Waals surface area (Å²) in [5, 5.41) is 4.44. The highest BCUT2D eigenvalue weighted by atomic mass is 35.5. The molecule has 2 rings (SSSR count). The van der Waals surface area contributed by atoms with Gasteiger partial charge in [-0.3, -0.25) is 4.79 Å². The Labute approximate surface area is 124 Å². The number of halogens is 1. The number of hydrogen-bond acceptors (Lipinski definition) is 2. The van der Waals surface area contributed by atoms with Crippen molar-refractivity contribution in [2.75, 3.05) is 0 Å². The lowest BCUT2D eigenvalue weighted by atomic mass is 10.1. The van der Waals surface area contributed by atoms with Gasteiger partial charge in [0.05, 0.1) is 11.6 Å². The van der Waals surface area contributed by atoms with Gasteiger partial charge < -0.3 is 0 Å². The highest BCUT2D eigenvalue weighted by Crippen LogP contribution is 2.18. The second-order valence-electron chi connectivity index (χ2n) is 4.77. The first kappa shape index (κ1) is 14.8.